The van der Waals surface area contributed by atoms with E-state index in [1.807, 2.05) is 12.1 Å². The van der Waals surface area contributed by atoms with Gasteiger partial charge in [-0.15, -0.1) is 0 Å². The molecule has 0 atom stereocenters. The number of hydrogen-bond acceptors (Lipinski definition) is 3. The number of rotatable bonds is 7. The number of carboxylic acids is 1. The zero-order valence-electron chi connectivity index (χ0n) is 10.3. The minimum Gasteiger partial charge on any atom is -0.480 e. The number of hydrogen-bond donors (Lipinski definition) is 2. The number of ether oxygens (including phenoxy) is 1. The van der Waals surface area contributed by atoms with Gasteiger partial charge < -0.3 is 15.2 Å². The van der Waals surface area contributed by atoms with E-state index >= 15 is 0 Å². The maximum Gasteiger partial charge on any atom is 0.329 e. The van der Waals surface area contributed by atoms with Gasteiger partial charge in [-0.2, -0.15) is 0 Å². The number of carbonyl (C=O) groups excluding carboxylic acids is 1. The number of benzene rings is 1. The topological polar surface area (TPSA) is 75.6 Å². The molecule has 0 spiro atoms. The van der Waals surface area contributed by atoms with Gasteiger partial charge in [-0.3, -0.25) is 4.79 Å². The summed E-state index contributed by atoms with van der Waals surface area (Å²) in [6.45, 7) is 2.18. The molecule has 0 aliphatic heterocycles. The highest BCUT2D eigenvalue weighted by molar-refractivity contribution is 5.94. The second-order valence-electron chi connectivity index (χ2n) is 3.75. The molecule has 1 aromatic rings. The largest absolute Gasteiger partial charge is 0.480 e. The Balaban J connectivity index is 2.29. The molecule has 0 aromatic heterocycles. The molecular formula is C13H17NO4. The number of carboxylic acid groups (broad SMARTS) is 1. The normalized spacial score (nSPS) is 10.1. The molecule has 0 bridgehead atoms. The summed E-state index contributed by atoms with van der Waals surface area (Å²) < 4.78 is 4.80. The Morgan fingerprint density at radius 3 is 2.50 bits per heavy atom. The van der Waals surface area contributed by atoms with Crippen molar-refractivity contribution in [3.8, 4) is 0 Å². The zero-order chi connectivity index (χ0) is 13.4. The SMILES string of the molecule is CCc1ccc(C(=O)NCCOCC(=O)O)cc1. The smallest absolute Gasteiger partial charge is 0.329 e. The van der Waals surface area contributed by atoms with Gasteiger partial charge in [-0.05, 0) is 24.1 Å². The number of amides is 1. The van der Waals surface area contributed by atoms with E-state index < -0.39 is 5.97 Å². The molecule has 0 heterocycles. The third-order valence-corrected chi connectivity index (χ3v) is 2.38. The molecule has 0 radical (unpaired) electrons. The first-order valence-corrected chi connectivity index (χ1v) is 5.80. The molecule has 1 aromatic carbocycles. The Kier molecular flexibility index (Phi) is 5.87. The number of aliphatic carboxylic acids is 1. The Morgan fingerprint density at radius 1 is 1.28 bits per heavy atom. The number of nitrogens with one attached hydrogen (secondary N) is 1. The molecular weight excluding hydrogens is 234 g/mol. The first-order valence-electron chi connectivity index (χ1n) is 5.80. The fraction of sp³-hybridized carbons (Fsp3) is 0.385. The Bertz CT molecular complexity index is 400. The van der Waals surface area contributed by atoms with Crippen LogP contribution in [0.1, 0.15) is 22.8 Å². The highest BCUT2D eigenvalue weighted by Gasteiger charge is 2.04. The Hall–Kier alpha value is -1.88. The highest BCUT2D eigenvalue weighted by atomic mass is 16.5. The second-order valence-corrected chi connectivity index (χ2v) is 3.75. The lowest BCUT2D eigenvalue weighted by Crippen LogP contribution is -2.27. The van der Waals surface area contributed by atoms with Gasteiger partial charge in [0.05, 0.1) is 6.61 Å². The lowest BCUT2D eigenvalue weighted by Gasteiger charge is -2.05. The second kappa shape index (κ2) is 7.45. The van der Waals surface area contributed by atoms with Gasteiger partial charge in [0.15, 0.2) is 0 Å². The minimum atomic E-state index is -1.02. The van der Waals surface area contributed by atoms with Crippen LogP contribution in [0.4, 0.5) is 0 Å². The molecule has 1 rings (SSSR count). The minimum absolute atomic E-state index is 0.184. The lowest BCUT2D eigenvalue weighted by molar-refractivity contribution is -0.142. The fourth-order valence-corrected chi connectivity index (χ4v) is 1.39. The van der Waals surface area contributed by atoms with E-state index in [4.69, 9.17) is 9.84 Å². The molecule has 0 saturated carbocycles. The highest BCUT2D eigenvalue weighted by Crippen LogP contribution is 2.04. The molecule has 1 amide bonds. The van der Waals surface area contributed by atoms with E-state index in [2.05, 4.69) is 12.2 Å². The maximum atomic E-state index is 11.7. The van der Waals surface area contributed by atoms with Crippen molar-refractivity contribution in [2.45, 2.75) is 13.3 Å². The third-order valence-electron chi connectivity index (χ3n) is 2.38. The standard InChI is InChI=1S/C13H17NO4/c1-2-10-3-5-11(6-4-10)13(17)14-7-8-18-9-12(15)16/h3-6H,2,7-9H2,1H3,(H,14,17)(H,15,16). The molecule has 0 unspecified atom stereocenters. The van der Waals surface area contributed by atoms with Gasteiger partial charge in [-0.25, -0.2) is 4.79 Å². The molecule has 0 aliphatic carbocycles. The summed E-state index contributed by atoms with van der Waals surface area (Å²) >= 11 is 0. The summed E-state index contributed by atoms with van der Waals surface area (Å²) in [7, 11) is 0. The maximum absolute atomic E-state index is 11.7. The van der Waals surface area contributed by atoms with Crippen LogP contribution in [0, 0.1) is 0 Å². The van der Waals surface area contributed by atoms with Crippen LogP contribution in [0.25, 0.3) is 0 Å². The van der Waals surface area contributed by atoms with Gasteiger partial charge in [0.1, 0.15) is 6.61 Å². The van der Waals surface area contributed by atoms with Crippen molar-refractivity contribution < 1.29 is 19.4 Å². The van der Waals surface area contributed by atoms with E-state index in [1.54, 1.807) is 12.1 Å². The van der Waals surface area contributed by atoms with Crippen LogP contribution in [-0.2, 0) is 16.0 Å². The van der Waals surface area contributed by atoms with Crippen LogP contribution in [0.5, 0.6) is 0 Å². The van der Waals surface area contributed by atoms with Gasteiger partial charge >= 0.3 is 5.97 Å². The Morgan fingerprint density at radius 2 is 1.94 bits per heavy atom. The molecule has 98 valence electrons. The zero-order valence-corrected chi connectivity index (χ0v) is 10.3. The predicted molar refractivity (Wildman–Crippen MR) is 66.6 cm³/mol. The third kappa shape index (κ3) is 4.97. The summed E-state index contributed by atoms with van der Waals surface area (Å²) in [5.74, 6) is -1.20. The summed E-state index contributed by atoms with van der Waals surface area (Å²) in [5, 5.41) is 11.0. The average molecular weight is 251 g/mol. The summed E-state index contributed by atoms with van der Waals surface area (Å²) in [6.07, 6.45) is 0.935. The van der Waals surface area contributed by atoms with E-state index in [1.165, 1.54) is 5.56 Å². The van der Waals surface area contributed by atoms with Crippen LogP contribution in [0.2, 0.25) is 0 Å². The molecule has 0 saturated heterocycles. The first-order chi connectivity index (χ1) is 8.63. The van der Waals surface area contributed by atoms with E-state index in [0.29, 0.717) is 12.1 Å². The lowest BCUT2D eigenvalue weighted by atomic mass is 10.1. The number of aryl methyl sites for hydroxylation is 1. The summed E-state index contributed by atoms with van der Waals surface area (Å²) in [6, 6.07) is 7.37. The van der Waals surface area contributed by atoms with Gasteiger partial charge in [-0.1, -0.05) is 19.1 Å². The Labute approximate surface area is 106 Å². The van der Waals surface area contributed by atoms with Gasteiger partial charge in [0.25, 0.3) is 5.91 Å². The molecule has 18 heavy (non-hydrogen) atoms. The summed E-state index contributed by atoms with van der Waals surface area (Å²) in [5.41, 5.74) is 1.77. The van der Waals surface area contributed by atoms with Crippen molar-refractivity contribution >= 4 is 11.9 Å². The van der Waals surface area contributed by atoms with Crippen LogP contribution in [0.15, 0.2) is 24.3 Å². The van der Waals surface area contributed by atoms with Crippen molar-refractivity contribution in [3.05, 3.63) is 35.4 Å². The molecule has 2 N–H and O–H groups in total. The van der Waals surface area contributed by atoms with E-state index in [9.17, 15) is 9.59 Å². The fourth-order valence-electron chi connectivity index (χ4n) is 1.39. The van der Waals surface area contributed by atoms with Crippen molar-refractivity contribution in [3.63, 3.8) is 0 Å². The van der Waals surface area contributed by atoms with Crippen LogP contribution in [-0.4, -0.2) is 36.7 Å². The van der Waals surface area contributed by atoms with Crippen molar-refractivity contribution in [1.29, 1.82) is 0 Å². The molecule has 0 aliphatic rings. The van der Waals surface area contributed by atoms with Crippen molar-refractivity contribution in [1.82, 2.24) is 5.32 Å². The summed E-state index contributed by atoms with van der Waals surface area (Å²) in [4.78, 5) is 21.8. The number of carbonyl (C=O) groups is 2. The van der Waals surface area contributed by atoms with Gasteiger partial charge in [0, 0.05) is 12.1 Å². The van der Waals surface area contributed by atoms with Crippen LogP contribution < -0.4 is 5.32 Å². The average Bonchev–Trinajstić information content (AvgIpc) is 2.38. The molecule has 0 fully saturated rings. The van der Waals surface area contributed by atoms with E-state index in [0.717, 1.165) is 6.42 Å². The van der Waals surface area contributed by atoms with Gasteiger partial charge in [0.2, 0.25) is 0 Å². The monoisotopic (exact) mass is 251 g/mol. The van der Waals surface area contributed by atoms with E-state index in [-0.39, 0.29) is 19.1 Å². The molecule has 5 heteroatoms. The molecule has 5 nitrogen and oxygen atoms in total. The van der Waals surface area contributed by atoms with Crippen LogP contribution >= 0.6 is 0 Å². The van der Waals surface area contributed by atoms with Crippen LogP contribution in [0.3, 0.4) is 0 Å². The van der Waals surface area contributed by atoms with Crippen molar-refractivity contribution in [2.75, 3.05) is 19.8 Å². The first kappa shape index (κ1) is 14.2. The quantitative estimate of drug-likeness (QED) is 0.711. The van der Waals surface area contributed by atoms with Crippen molar-refractivity contribution in [2.24, 2.45) is 0 Å². The predicted octanol–water partition coefficient (Wildman–Crippen LogP) is 1.08.